The van der Waals surface area contributed by atoms with Gasteiger partial charge in [-0.25, -0.2) is 4.79 Å². The predicted octanol–water partition coefficient (Wildman–Crippen LogP) is 1.28. The van der Waals surface area contributed by atoms with Gasteiger partial charge in [-0.2, -0.15) is 0 Å². The van der Waals surface area contributed by atoms with Gasteiger partial charge in [0.05, 0.1) is 0 Å². The Morgan fingerprint density at radius 1 is 1.42 bits per heavy atom. The van der Waals surface area contributed by atoms with Crippen LogP contribution in [0.15, 0.2) is 0 Å². The number of carbonyl (C=O) groups is 2. The minimum absolute atomic E-state index is 0.251. The number of amides is 2. The standard InChI is InChI=1S/C7H12ClNO3/c1-7(2,3)12-6(11)9-5(10)4-8/h4H2,1-3H3,(H,9,10,11). The molecule has 0 bridgehead atoms. The second-order valence-electron chi connectivity index (χ2n) is 3.18. The Kier molecular flexibility index (Phi) is 4.03. The molecule has 0 unspecified atom stereocenters. The van der Waals surface area contributed by atoms with Crippen LogP contribution in [0.2, 0.25) is 0 Å². The van der Waals surface area contributed by atoms with Crippen LogP contribution in [-0.4, -0.2) is 23.5 Å². The molecular weight excluding hydrogens is 182 g/mol. The first-order chi connectivity index (χ1) is 5.35. The molecule has 0 aromatic carbocycles. The fraction of sp³-hybridized carbons (Fsp3) is 0.714. The molecule has 0 aromatic heterocycles. The van der Waals surface area contributed by atoms with Crippen LogP contribution in [0, 0.1) is 0 Å². The lowest BCUT2D eigenvalue weighted by Gasteiger charge is -2.18. The molecule has 1 N–H and O–H groups in total. The third-order valence-corrected chi connectivity index (χ3v) is 1.00. The van der Waals surface area contributed by atoms with Gasteiger partial charge in [0.1, 0.15) is 11.5 Å². The largest absolute Gasteiger partial charge is 0.444 e. The predicted molar refractivity (Wildman–Crippen MR) is 45.1 cm³/mol. The van der Waals surface area contributed by atoms with E-state index < -0.39 is 17.6 Å². The van der Waals surface area contributed by atoms with Crippen molar-refractivity contribution in [3.05, 3.63) is 0 Å². The SMILES string of the molecule is CC(C)(C)OC(=O)NC(=O)CCl. The second kappa shape index (κ2) is 4.30. The Hall–Kier alpha value is -0.770. The molecule has 0 atom stereocenters. The van der Waals surface area contributed by atoms with Crippen molar-refractivity contribution >= 4 is 23.6 Å². The van der Waals surface area contributed by atoms with Crippen LogP contribution in [0.3, 0.4) is 0 Å². The number of carbonyl (C=O) groups excluding carboxylic acids is 2. The molecule has 0 spiro atoms. The van der Waals surface area contributed by atoms with E-state index in [-0.39, 0.29) is 5.88 Å². The molecule has 0 rings (SSSR count). The van der Waals surface area contributed by atoms with E-state index in [1.165, 1.54) is 0 Å². The van der Waals surface area contributed by atoms with Crippen molar-refractivity contribution in [3.8, 4) is 0 Å². The van der Waals surface area contributed by atoms with Crippen molar-refractivity contribution in [2.24, 2.45) is 0 Å². The van der Waals surface area contributed by atoms with Crippen LogP contribution >= 0.6 is 11.6 Å². The minimum Gasteiger partial charge on any atom is -0.444 e. The fourth-order valence-corrected chi connectivity index (χ4v) is 0.518. The van der Waals surface area contributed by atoms with Crippen LogP contribution in [0.1, 0.15) is 20.8 Å². The maximum Gasteiger partial charge on any atom is 0.414 e. The summed E-state index contributed by atoms with van der Waals surface area (Å²) in [5.74, 6) is -0.815. The minimum atomic E-state index is -0.770. The van der Waals surface area contributed by atoms with Crippen LogP contribution in [0.25, 0.3) is 0 Å². The highest BCUT2D eigenvalue weighted by molar-refractivity contribution is 6.28. The number of halogens is 1. The first-order valence-electron chi connectivity index (χ1n) is 3.44. The van der Waals surface area contributed by atoms with Crippen molar-refractivity contribution in [2.75, 3.05) is 5.88 Å². The van der Waals surface area contributed by atoms with Gasteiger partial charge in [-0.3, -0.25) is 10.1 Å². The Morgan fingerprint density at radius 3 is 2.25 bits per heavy atom. The van der Waals surface area contributed by atoms with E-state index >= 15 is 0 Å². The van der Waals surface area contributed by atoms with Crippen LogP contribution in [0.5, 0.6) is 0 Å². The number of alkyl halides is 1. The molecule has 0 saturated heterocycles. The maximum absolute atomic E-state index is 10.8. The third-order valence-electron chi connectivity index (χ3n) is 0.762. The topological polar surface area (TPSA) is 55.4 Å². The normalized spacial score (nSPS) is 10.7. The average molecular weight is 194 g/mol. The molecule has 0 radical (unpaired) electrons. The van der Waals surface area contributed by atoms with E-state index in [0.29, 0.717) is 0 Å². The van der Waals surface area contributed by atoms with E-state index in [1.807, 2.05) is 5.32 Å². The lowest BCUT2D eigenvalue weighted by atomic mass is 10.2. The van der Waals surface area contributed by atoms with Crippen molar-refractivity contribution in [1.82, 2.24) is 5.32 Å². The van der Waals surface area contributed by atoms with E-state index in [1.54, 1.807) is 20.8 Å². The van der Waals surface area contributed by atoms with Crippen molar-refractivity contribution < 1.29 is 14.3 Å². The first-order valence-corrected chi connectivity index (χ1v) is 3.97. The number of ether oxygens (including phenoxy) is 1. The number of alkyl carbamates (subject to hydrolysis) is 1. The summed E-state index contributed by atoms with van der Waals surface area (Å²) in [5.41, 5.74) is -0.601. The molecule has 12 heavy (non-hydrogen) atoms. The molecule has 0 aliphatic rings. The summed E-state index contributed by atoms with van der Waals surface area (Å²) >= 11 is 5.15. The van der Waals surface area contributed by atoms with Gasteiger partial charge in [-0.05, 0) is 20.8 Å². The number of imide groups is 1. The van der Waals surface area contributed by atoms with E-state index in [4.69, 9.17) is 16.3 Å². The Morgan fingerprint density at radius 2 is 1.92 bits per heavy atom. The zero-order valence-electron chi connectivity index (χ0n) is 7.31. The van der Waals surface area contributed by atoms with Crippen molar-refractivity contribution in [1.29, 1.82) is 0 Å². The molecule has 0 aromatic rings. The van der Waals surface area contributed by atoms with Gasteiger partial charge in [0, 0.05) is 0 Å². The van der Waals surface area contributed by atoms with Gasteiger partial charge in [0.2, 0.25) is 5.91 Å². The van der Waals surface area contributed by atoms with Gasteiger partial charge >= 0.3 is 6.09 Å². The third kappa shape index (κ3) is 5.97. The smallest absolute Gasteiger partial charge is 0.414 e. The highest BCUT2D eigenvalue weighted by Gasteiger charge is 2.17. The van der Waals surface area contributed by atoms with Gasteiger partial charge in [-0.15, -0.1) is 11.6 Å². The maximum atomic E-state index is 10.8. The molecule has 4 nitrogen and oxygen atoms in total. The lowest BCUT2D eigenvalue weighted by Crippen LogP contribution is -2.36. The highest BCUT2D eigenvalue weighted by Crippen LogP contribution is 2.06. The Balaban J connectivity index is 3.83. The monoisotopic (exact) mass is 193 g/mol. The van der Waals surface area contributed by atoms with E-state index in [9.17, 15) is 9.59 Å². The molecule has 2 amide bonds. The van der Waals surface area contributed by atoms with Gasteiger partial charge < -0.3 is 4.74 Å². The average Bonchev–Trinajstić information content (AvgIpc) is 1.82. The van der Waals surface area contributed by atoms with Crippen LogP contribution in [0.4, 0.5) is 4.79 Å². The lowest BCUT2D eigenvalue weighted by molar-refractivity contribution is -0.118. The molecule has 0 aliphatic heterocycles. The fourth-order valence-electron chi connectivity index (χ4n) is 0.451. The van der Waals surface area contributed by atoms with Gasteiger partial charge in [0.25, 0.3) is 0 Å². The number of hydrogen-bond acceptors (Lipinski definition) is 3. The first kappa shape index (κ1) is 11.2. The molecule has 0 heterocycles. The Labute approximate surface area is 76.2 Å². The van der Waals surface area contributed by atoms with Gasteiger partial charge in [0.15, 0.2) is 0 Å². The van der Waals surface area contributed by atoms with E-state index in [2.05, 4.69) is 0 Å². The molecule has 0 saturated carbocycles. The highest BCUT2D eigenvalue weighted by atomic mass is 35.5. The van der Waals surface area contributed by atoms with Crippen LogP contribution in [-0.2, 0) is 9.53 Å². The summed E-state index contributed by atoms with van der Waals surface area (Å²) in [6.45, 7) is 5.12. The van der Waals surface area contributed by atoms with Crippen molar-refractivity contribution in [3.63, 3.8) is 0 Å². The van der Waals surface area contributed by atoms with Crippen molar-refractivity contribution in [2.45, 2.75) is 26.4 Å². The molecule has 0 fully saturated rings. The zero-order valence-corrected chi connectivity index (χ0v) is 8.07. The summed E-state index contributed by atoms with van der Waals surface area (Å²) in [6.07, 6.45) is -0.770. The number of rotatable bonds is 1. The summed E-state index contributed by atoms with van der Waals surface area (Å²) in [5, 5.41) is 1.95. The molecule has 5 heteroatoms. The number of hydrogen-bond donors (Lipinski definition) is 1. The summed E-state index contributed by atoms with van der Waals surface area (Å²) in [7, 11) is 0. The molecular formula is C7H12ClNO3. The van der Waals surface area contributed by atoms with E-state index in [0.717, 1.165) is 0 Å². The summed E-state index contributed by atoms with van der Waals surface area (Å²) in [6, 6.07) is 0. The zero-order chi connectivity index (χ0) is 9.78. The molecule has 70 valence electrons. The summed E-state index contributed by atoms with van der Waals surface area (Å²) < 4.78 is 4.78. The quantitative estimate of drug-likeness (QED) is 0.639. The van der Waals surface area contributed by atoms with Crippen LogP contribution < -0.4 is 5.32 Å². The second-order valence-corrected chi connectivity index (χ2v) is 3.45. The number of nitrogens with one attached hydrogen (secondary N) is 1. The Bertz CT molecular complexity index is 186. The summed E-state index contributed by atoms with van der Waals surface area (Å²) in [4.78, 5) is 21.4. The molecule has 0 aliphatic carbocycles. The van der Waals surface area contributed by atoms with Gasteiger partial charge in [-0.1, -0.05) is 0 Å².